The number of nitrogens with zero attached hydrogens (tertiary/aromatic N) is 2. The molecule has 3 fully saturated rings. The van der Waals surface area contributed by atoms with Crippen LogP contribution in [0.1, 0.15) is 12.0 Å². The zero-order chi connectivity index (χ0) is 23.1. The standard InChI is InChI=1S/C22H34N4O6S/c27-22(24-16-21(19-5-10-32-17-19)25-6-11-30-12-7-25)23-15-18-1-3-20(4-2-18)33(28,29)26-8-13-31-14-9-26/h1-4,19,21H,5-17H2,(H2,23,24,27). The summed E-state index contributed by atoms with van der Waals surface area (Å²) in [7, 11) is -3.52. The van der Waals surface area contributed by atoms with Crippen molar-refractivity contribution in [2.75, 3.05) is 72.4 Å². The molecule has 184 valence electrons. The Morgan fingerprint density at radius 1 is 0.939 bits per heavy atom. The smallest absolute Gasteiger partial charge is 0.315 e. The molecule has 10 nitrogen and oxygen atoms in total. The molecular formula is C22H34N4O6S. The van der Waals surface area contributed by atoms with Crippen LogP contribution in [-0.2, 0) is 30.8 Å². The summed E-state index contributed by atoms with van der Waals surface area (Å²) in [5.74, 6) is 0.407. The SMILES string of the molecule is O=C(NCc1ccc(S(=O)(=O)N2CCOCC2)cc1)NCC(C1CCOC1)N1CCOCC1. The van der Waals surface area contributed by atoms with Crippen molar-refractivity contribution in [2.45, 2.75) is 23.9 Å². The molecule has 0 aliphatic carbocycles. The van der Waals surface area contributed by atoms with Gasteiger partial charge >= 0.3 is 6.03 Å². The summed E-state index contributed by atoms with van der Waals surface area (Å²) in [5.41, 5.74) is 0.833. The van der Waals surface area contributed by atoms with Crippen molar-refractivity contribution < 1.29 is 27.4 Å². The molecule has 4 rings (SSSR count). The van der Waals surface area contributed by atoms with Crippen LogP contribution in [0.5, 0.6) is 0 Å². The topological polar surface area (TPSA) is 109 Å². The number of carbonyl (C=O) groups excluding carboxylic acids is 1. The second kappa shape index (κ2) is 11.6. The van der Waals surface area contributed by atoms with Crippen LogP contribution in [-0.4, -0.2) is 102 Å². The minimum absolute atomic E-state index is 0.229. The number of amides is 2. The highest BCUT2D eigenvalue weighted by molar-refractivity contribution is 7.89. The van der Waals surface area contributed by atoms with E-state index in [1.165, 1.54) is 4.31 Å². The molecule has 2 amide bonds. The zero-order valence-electron chi connectivity index (χ0n) is 18.9. The summed E-state index contributed by atoms with van der Waals surface area (Å²) in [6.45, 7) is 7.09. The van der Waals surface area contributed by atoms with Gasteiger partial charge in [0.2, 0.25) is 10.0 Å². The number of urea groups is 1. The Kier molecular flexibility index (Phi) is 8.55. The molecule has 11 heteroatoms. The Morgan fingerprint density at radius 3 is 2.24 bits per heavy atom. The van der Waals surface area contributed by atoms with Crippen LogP contribution >= 0.6 is 0 Å². The molecule has 1 aromatic rings. The van der Waals surface area contributed by atoms with E-state index in [0.717, 1.165) is 38.3 Å². The van der Waals surface area contributed by atoms with Gasteiger partial charge in [-0.1, -0.05) is 12.1 Å². The first-order valence-corrected chi connectivity index (χ1v) is 13.1. The minimum atomic E-state index is -3.52. The van der Waals surface area contributed by atoms with Crippen molar-refractivity contribution in [3.8, 4) is 0 Å². The predicted molar refractivity (Wildman–Crippen MR) is 121 cm³/mol. The second-order valence-electron chi connectivity index (χ2n) is 8.56. The molecule has 33 heavy (non-hydrogen) atoms. The van der Waals surface area contributed by atoms with Gasteiger partial charge in [0, 0.05) is 57.8 Å². The van der Waals surface area contributed by atoms with Crippen molar-refractivity contribution in [3.63, 3.8) is 0 Å². The molecule has 0 bridgehead atoms. The van der Waals surface area contributed by atoms with Crippen LogP contribution in [0.3, 0.4) is 0 Å². The largest absolute Gasteiger partial charge is 0.381 e. The predicted octanol–water partition coefficient (Wildman–Crippen LogP) is 0.244. The number of ether oxygens (including phenoxy) is 3. The van der Waals surface area contributed by atoms with E-state index in [2.05, 4.69) is 15.5 Å². The van der Waals surface area contributed by atoms with E-state index in [0.29, 0.717) is 58.5 Å². The first-order chi connectivity index (χ1) is 16.0. The molecule has 2 atom stereocenters. The fourth-order valence-electron chi connectivity index (χ4n) is 4.52. The van der Waals surface area contributed by atoms with Crippen LogP contribution in [0.4, 0.5) is 4.79 Å². The highest BCUT2D eigenvalue weighted by Gasteiger charge is 2.31. The van der Waals surface area contributed by atoms with Gasteiger partial charge in [-0.3, -0.25) is 4.90 Å². The summed E-state index contributed by atoms with van der Waals surface area (Å²) >= 11 is 0. The van der Waals surface area contributed by atoms with E-state index >= 15 is 0 Å². The minimum Gasteiger partial charge on any atom is -0.381 e. The molecule has 0 spiro atoms. The lowest BCUT2D eigenvalue weighted by atomic mass is 9.97. The van der Waals surface area contributed by atoms with E-state index in [4.69, 9.17) is 14.2 Å². The third-order valence-electron chi connectivity index (χ3n) is 6.48. The van der Waals surface area contributed by atoms with E-state index in [-0.39, 0.29) is 17.0 Å². The van der Waals surface area contributed by atoms with Gasteiger partial charge in [-0.2, -0.15) is 4.31 Å². The molecule has 0 radical (unpaired) electrons. The lowest BCUT2D eigenvalue weighted by molar-refractivity contribution is 0.00212. The second-order valence-corrected chi connectivity index (χ2v) is 10.5. The van der Waals surface area contributed by atoms with E-state index in [9.17, 15) is 13.2 Å². The zero-order valence-corrected chi connectivity index (χ0v) is 19.7. The van der Waals surface area contributed by atoms with Crippen LogP contribution < -0.4 is 10.6 Å². The molecule has 3 saturated heterocycles. The lowest BCUT2D eigenvalue weighted by Crippen LogP contribution is -2.53. The Labute approximate surface area is 195 Å². The third-order valence-corrected chi connectivity index (χ3v) is 8.39. The van der Waals surface area contributed by atoms with Gasteiger partial charge in [0.1, 0.15) is 0 Å². The van der Waals surface area contributed by atoms with Gasteiger partial charge in [-0.25, -0.2) is 13.2 Å². The Hall–Kier alpha value is -1.76. The highest BCUT2D eigenvalue weighted by atomic mass is 32.2. The average Bonchev–Trinajstić information content (AvgIpc) is 3.39. The number of hydrogen-bond donors (Lipinski definition) is 2. The van der Waals surface area contributed by atoms with E-state index in [1.807, 2.05) is 0 Å². The fraction of sp³-hybridized carbons (Fsp3) is 0.682. The van der Waals surface area contributed by atoms with Gasteiger partial charge in [0.15, 0.2) is 0 Å². The first-order valence-electron chi connectivity index (χ1n) is 11.6. The van der Waals surface area contributed by atoms with Crippen molar-refractivity contribution in [1.82, 2.24) is 19.8 Å². The molecule has 1 aromatic carbocycles. The van der Waals surface area contributed by atoms with E-state index < -0.39 is 10.0 Å². The molecule has 2 N–H and O–H groups in total. The average molecular weight is 483 g/mol. The Bertz CT molecular complexity index is 863. The maximum atomic E-state index is 12.7. The number of morpholine rings is 2. The van der Waals surface area contributed by atoms with Gasteiger partial charge < -0.3 is 24.8 Å². The number of carbonyl (C=O) groups is 1. The summed E-state index contributed by atoms with van der Waals surface area (Å²) in [6.07, 6.45) is 1.00. The first kappa shape index (κ1) is 24.4. The van der Waals surface area contributed by atoms with Crippen molar-refractivity contribution in [2.24, 2.45) is 5.92 Å². The van der Waals surface area contributed by atoms with Crippen LogP contribution in [0.25, 0.3) is 0 Å². The number of sulfonamides is 1. The van der Waals surface area contributed by atoms with Crippen molar-refractivity contribution in [3.05, 3.63) is 29.8 Å². The summed E-state index contributed by atoms with van der Waals surface area (Å²) in [5, 5.41) is 5.87. The molecule has 0 aromatic heterocycles. The quantitative estimate of drug-likeness (QED) is 0.546. The number of benzene rings is 1. The molecule has 2 unspecified atom stereocenters. The van der Waals surface area contributed by atoms with Crippen molar-refractivity contribution >= 4 is 16.1 Å². The van der Waals surface area contributed by atoms with Gasteiger partial charge in [-0.15, -0.1) is 0 Å². The molecule has 3 aliphatic heterocycles. The lowest BCUT2D eigenvalue weighted by Gasteiger charge is -2.37. The van der Waals surface area contributed by atoms with E-state index in [1.54, 1.807) is 24.3 Å². The monoisotopic (exact) mass is 482 g/mol. The summed E-state index contributed by atoms with van der Waals surface area (Å²) in [6, 6.07) is 6.65. The Morgan fingerprint density at radius 2 is 1.61 bits per heavy atom. The van der Waals surface area contributed by atoms with Gasteiger partial charge in [0.05, 0.1) is 37.9 Å². The molecule has 0 saturated carbocycles. The van der Waals surface area contributed by atoms with Crippen LogP contribution in [0.15, 0.2) is 29.2 Å². The molecule has 3 heterocycles. The normalized spacial score (nSPS) is 23.8. The highest BCUT2D eigenvalue weighted by Crippen LogP contribution is 2.22. The summed E-state index contributed by atoms with van der Waals surface area (Å²) in [4.78, 5) is 15.1. The maximum Gasteiger partial charge on any atom is 0.315 e. The molecular weight excluding hydrogens is 448 g/mol. The van der Waals surface area contributed by atoms with Gasteiger partial charge in [0.25, 0.3) is 0 Å². The van der Waals surface area contributed by atoms with Crippen LogP contribution in [0, 0.1) is 5.92 Å². The number of hydrogen-bond acceptors (Lipinski definition) is 7. The summed E-state index contributed by atoms with van der Waals surface area (Å²) < 4.78 is 43.2. The van der Waals surface area contributed by atoms with Gasteiger partial charge in [-0.05, 0) is 24.1 Å². The fourth-order valence-corrected chi connectivity index (χ4v) is 5.92. The number of rotatable bonds is 8. The number of nitrogens with one attached hydrogen (secondary N) is 2. The van der Waals surface area contributed by atoms with Crippen molar-refractivity contribution in [1.29, 1.82) is 0 Å². The Balaban J connectivity index is 1.26. The molecule has 3 aliphatic rings. The third kappa shape index (κ3) is 6.43. The van der Waals surface area contributed by atoms with Crippen LogP contribution in [0.2, 0.25) is 0 Å². The maximum absolute atomic E-state index is 12.7.